The van der Waals surface area contributed by atoms with Crippen LogP contribution in [0, 0.1) is 5.41 Å². The second-order valence-corrected chi connectivity index (χ2v) is 8.40. The minimum absolute atomic E-state index is 0.0235. The molecule has 1 N–H and O–H groups in total. The third-order valence-electron chi connectivity index (χ3n) is 5.78. The number of nitrogens with one attached hydrogen (secondary N) is 1. The van der Waals surface area contributed by atoms with Crippen molar-refractivity contribution in [1.29, 1.82) is 0 Å². The maximum Gasteiger partial charge on any atom is 0.162 e. The molecule has 2 heterocycles. The highest BCUT2D eigenvalue weighted by Gasteiger charge is 2.40. The van der Waals surface area contributed by atoms with Crippen molar-refractivity contribution in [3.8, 4) is 0 Å². The summed E-state index contributed by atoms with van der Waals surface area (Å²) in [7, 11) is 0. The van der Waals surface area contributed by atoms with Crippen LogP contribution in [0.3, 0.4) is 0 Å². The number of carbonyl (C=O) groups is 1. The maximum atomic E-state index is 13.3. The van der Waals surface area contributed by atoms with Crippen LogP contribution in [0.2, 0.25) is 0 Å². The standard InChI is InChI=1S/C24H22N2O/c1-24(2)13-18-21-17-6-4-3-5-15(17)7-8-19(21)26-23(22(18)20(27)14-24)16-9-11-25-12-10-16/h3-12,23,26H,13-14H2,1-2H3. The Bertz CT molecular complexity index is 1100. The van der Waals surface area contributed by atoms with Crippen molar-refractivity contribution in [3.05, 3.63) is 77.6 Å². The van der Waals surface area contributed by atoms with Crippen molar-refractivity contribution in [3.63, 3.8) is 0 Å². The average molecular weight is 354 g/mol. The molecule has 0 bridgehead atoms. The van der Waals surface area contributed by atoms with E-state index in [1.165, 1.54) is 21.9 Å². The fraction of sp³-hybridized carbons (Fsp3) is 0.250. The number of benzene rings is 2. The molecule has 1 unspecified atom stereocenters. The zero-order valence-electron chi connectivity index (χ0n) is 15.6. The minimum Gasteiger partial charge on any atom is -0.373 e. The Morgan fingerprint density at radius 3 is 2.59 bits per heavy atom. The molecule has 0 spiro atoms. The van der Waals surface area contributed by atoms with Gasteiger partial charge in [0.05, 0.1) is 6.04 Å². The van der Waals surface area contributed by atoms with Crippen LogP contribution < -0.4 is 5.32 Å². The van der Waals surface area contributed by atoms with E-state index in [4.69, 9.17) is 0 Å². The first-order valence-corrected chi connectivity index (χ1v) is 9.48. The van der Waals surface area contributed by atoms with Crippen molar-refractivity contribution >= 4 is 27.8 Å². The third-order valence-corrected chi connectivity index (χ3v) is 5.78. The molecule has 0 saturated heterocycles. The largest absolute Gasteiger partial charge is 0.373 e. The summed E-state index contributed by atoms with van der Waals surface area (Å²) < 4.78 is 0. The van der Waals surface area contributed by atoms with E-state index in [2.05, 4.69) is 60.5 Å². The summed E-state index contributed by atoms with van der Waals surface area (Å²) in [5, 5.41) is 6.08. The summed E-state index contributed by atoms with van der Waals surface area (Å²) in [6.45, 7) is 4.39. The van der Waals surface area contributed by atoms with Crippen LogP contribution in [0.1, 0.15) is 43.9 Å². The SMILES string of the molecule is CC1(C)CC(=O)C2=C(C1)c1c(ccc3ccccc13)NC2c1ccncc1. The van der Waals surface area contributed by atoms with Gasteiger partial charge in [0.15, 0.2) is 5.78 Å². The van der Waals surface area contributed by atoms with Crippen molar-refractivity contribution in [2.75, 3.05) is 5.32 Å². The molecule has 2 aliphatic rings. The molecule has 0 amide bonds. The lowest BCUT2D eigenvalue weighted by Gasteiger charge is -2.40. The number of hydrogen-bond donors (Lipinski definition) is 1. The van der Waals surface area contributed by atoms with Crippen LogP contribution in [-0.2, 0) is 4.79 Å². The average Bonchev–Trinajstić information content (AvgIpc) is 2.66. The molecule has 1 aliphatic heterocycles. The monoisotopic (exact) mass is 354 g/mol. The Balaban J connectivity index is 1.82. The Morgan fingerprint density at radius 1 is 1.00 bits per heavy atom. The van der Waals surface area contributed by atoms with Crippen molar-refractivity contribution in [1.82, 2.24) is 4.98 Å². The topological polar surface area (TPSA) is 42.0 Å². The van der Waals surface area contributed by atoms with Gasteiger partial charge in [0.1, 0.15) is 0 Å². The summed E-state index contributed by atoms with van der Waals surface area (Å²) in [5.74, 6) is 0.258. The smallest absolute Gasteiger partial charge is 0.162 e. The van der Waals surface area contributed by atoms with Crippen LogP contribution >= 0.6 is 0 Å². The van der Waals surface area contributed by atoms with E-state index in [-0.39, 0.29) is 17.2 Å². The Morgan fingerprint density at radius 2 is 1.78 bits per heavy atom. The number of allylic oxidation sites excluding steroid dienone is 1. The Kier molecular flexibility index (Phi) is 3.48. The molecular formula is C24H22N2O. The summed E-state index contributed by atoms with van der Waals surface area (Å²) >= 11 is 0. The molecule has 134 valence electrons. The molecule has 3 heteroatoms. The summed E-state index contributed by atoms with van der Waals surface area (Å²) in [5.41, 5.74) is 5.52. The lowest BCUT2D eigenvalue weighted by atomic mass is 9.68. The fourth-order valence-corrected chi connectivity index (χ4v) is 4.64. The number of anilines is 1. The number of pyridine rings is 1. The number of carbonyl (C=O) groups excluding carboxylic acids is 1. The predicted octanol–water partition coefficient (Wildman–Crippen LogP) is 5.54. The van der Waals surface area contributed by atoms with Crippen LogP contribution in [0.4, 0.5) is 5.69 Å². The normalized spacial score (nSPS) is 20.8. The molecule has 5 rings (SSSR count). The van der Waals surface area contributed by atoms with Crippen LogP contribution in [0.5, 0.6) is 0 Å². The van der Waals surface area contributed by atoms with Gasteiger partial charge in [0.2, 0.25) is 0 Å². The molecule has 3 nitrogen and oxygen atoms in total. The first kappa shape index (κ1) is 16.2. The summed E-state index contributed by atoms with van der Waals surface area (Å²) in [4.78, 5) is 17.4. The number of Topliss-reactive ketones (excluding diaryl/α,β-unsaturated/α-hetero) is 1. The van der Waals surface area contributed by atoms with Crippen molar-refractivity contribution < 1.29 is 4.79 Å². The zero-order chi connectivity index (χ0) is 18.6. The van der Waals surface area contributed by atoms with Gasteiger partial charge < -0.3 is 5.32 Å². The van der Waals surface area contributed by atoms with Gasteiger partial charge in [-0.3, -0.25) is 9.78 Å². The van der Waals surface area contributed by atoms with Gasteiger partial charge in [-0.2, -0.15) is 0 Å². The van der Waals surface area contributed by atoms with Crippen LogP contribution in [-0.4, -0.2) is 10.8 Å². The molecule has 0 radical (unpaired) electrons. The van der Waals surface area contributed by atoms with E-state index in [1.807, 2.05) is 12.1 Å². The van der Waals surface area contributed by atoms with E-state index in [9.17, 15) is 4.79 Å². The number of aromatic nitrogens is 1. The predicted molar refractivity (Wildman–Crippen MR) is 109 cm³/mol. The van der Waals surface area contributed by atoms with Gasteiger partial charge >= 0.3 is 0 Å². The molecule has 3 aromatic rings. The molecule has 27 heavy (non-hydrogen) atoms. The first-order valence-electron chi connectivity index (χ1n) is 9.48. The lowest BCUT2D eigenvalue weighted by Crippen LogP contribution is -2.33. The number of fused-ring (bicyclic) bond motifs is 4. The molecule has 1 atom stereocenters. The Labute approximate surface area is 159 Å². The van der Waals surface area contributed by atoms with Gasteiger partial charge in [-0.25, -0.2) is 0 Å². The molecule has 0 saturated carbocycles. The molecule has 0 fully saturated rings. The number of hydrogen-bond acceptors (Lipinski definition) is 3. The molecule has 1 aromatic heterocycles. The Hall–Kier alpha value is -2.94. The van der Waals surface area contributed by atoms with Crippen LogP contribution in [0.25, 0.3) is 16.3 Å². The third kappa shape index (κ3) is 2.57. The second kappa shape index (κ2) is 5.78. The quantitative estimate of drug-likeness (QED) is 0.623. The maximum absolute atomic E-state index is 13.3. The molecule has 1 aliphatic carbocycles. The van der Waals surface area contributed by atoms with Crippen molar-refractivity contribution in [2.45, 2.75) is 32.7 Å². The summed E-state index contributed by atoms with van der Waals surface area (Å²) in [6.07, 6.45) is 5.10. The second-order valence-electron chi connectivity index (χ2n) is 8.40. The highest BCUT2D eigenvalue weighted by molar-refractivity contribution is 6.12. The zero-order valence-corrected chi connectivity index (χ0v) is 15.6. The van der Waals surface area contributed by atoms with E-state index >= 15 is 0 Å². The van der Waals surface area contributed by atoms with Gasteiger partial charge in [0, 0.05) is 35.6 Å². The molecule has 2 aromatic carbocycles. The minimum atomic E-state index is -0.111. The van der Waals surface area contributed by atoms with Gasteiger partial charge in [0.25, 0.3) is 0 Å². The summed E-state index contributed by atoms with van der Waals surface area (Å²) in [6, 6.07) is 16.7. The first-order chi connectivity index (χ1) is 13.0. The van der Waals surface area contributed by atoms with E-state index < -0.39 is 0 Å². The highest BCUT2D eigenvalue weighted by atomic mass is 16.1. The van der Waals surface area contributed by atoms with Gasteiger partial charge in [-0.15, -0.1) is 0 Å². The van der Waals surface area contributed by atoms with E-state index in [1.54, 1.807) is 12.4 Å². The number of nitrogens with zero attached hydrogens (tertiary/aromatic N) is 1. The number of ketones is 1. The van der Waals surface area contributed by atoms with Gasteiger partial charge in [-0.1, -0.05) is 44.2 Å². The van der Waals surface area contributed by atoms with E-state index in [0.29, 0.717) is 6.42 Å². The van der Waals surface area contributed by atoms with E-state index in [0.717, 1.165) is 23.2 Å². The van der Waals surface area contributed by atoms with Crippen LogP contribution in [0.15, 0.2) is 66.5 Å². The molecular weight excluding hydrogens is 332 g/mol. The highest BCUT2D eigenvalue weighted by Crippen LogP contribution is 2.51. The number of rotatable bonds is 1. The van der Waals surface area contributed by atoms with Gasteiger partial charge in [-0.05, 0) is 51.9 Å². The lowest BCUT2D eigenvalue weighted by molar-refractivity contribution is -0.118. The van der Waals surface area contributed by atoms with Crippen molar-refractivity contribution in [2.24, 2.45) is 5.41 Å². The fourth-order valence-electron chi connectivity index (χ4n) is 4.64.